The highest BCUT2D eigenvalue weighted by Crippen LogP contribution is 2.50. The zero-order chi connectivity index (χ0) is 42.6. The van der Waals surface area contributed by atoms with Crippen LogP contribution in [0.15, 0.2) is 42.5 Å². The topological polar surface area (TPSA) is 44.8 Å². The summed E-state index contributed by atoms with van der Waals surface area (Å²) in [5.74, 6) is 1.74. The first kappa shape index (κ1) is 45.8. The molecule has 328 valence electrons. The maximum Gasteiger partial charge on any atom is 0.348 e. The minimum atomic E-state index is -0.237. The van der Waals surface area contributed by atoms with Crippen molar-refractivity contribution in [1.29, 1.82) is 0 Å². The van der Waals surface area contributed by atoms with Gasteiger partial charge in [-0.1, -0.05) is 129 Å². The van der Waals surface area contributed by atoms with Crippen molar-refractivity contribution in [2.75, 3.05) is 19.8 Å². The predicted molar refractivity (Wildman–Crippen MR) is 271 cm³/mol. The third-order valence-corrected chi connectivity index (χ3v) is 16.9. The molecular formula is C53H68O4S4. The Bertz CT molecular complexity index is 2380. The lowest BCUT2D eigenvalue weighted by atomic mass is 9.98. The standard InChI is InChI=1S/C53H68O4S4/c1-6-9-11-13-15-17-19-21-23-25-27-56-49-41-30-38-29-36(4)58-45(38)34-43(41)50(57-28-26-24-22-20-18-16-14-12-10-7-2)42-31-39-32-47(60-46(39)35-44(42)49)52-51-40(37(5)59-52)33-48(61-51)53(54)55-8-3/h29-35H,6-28H2,1-5H3. The maximum atomic E-state index is 12.7. The SMILES string of the molecule is CCCCCCCCCCCCOc1c2cc3cc(-c4sc(C)c5cc(C(=O)OCC)sc45)sc3cc2c(OCCCCCCCCCCCC)c2cc3cc(C)sc3cc12. The van der Waals surface area contributed by atoms with Crippen LogP contribution in [0.1, 0.15) is 169 Å². The van der Waals surface area contributed by atoms with Crippen LogP contribution in [0.25, 0.3) is 61.6 Å². The molecule has 4 nitrogen and oxygen atoms in total. The Morgan fingerprint density at radius 3 is 1.49 bits per heavy atom. The molecule has 0 spiro atoms. The zero-order valence-corrected chi connectivity index (χ0v) is 40.8. The Labute approximate surface area is 381 Å². The molecule has 0 atom stereocenters. The van der Waals surface area contributed by atoms with E-state index in [4.69, 9.17) is 14.2 Å². The average molecular weight is 897 g/mol. The molecule has 3 aromatic carbocycles. The van der Waals surface area contributed by atoms with Gasteiger partial charge in [-0.15, -0.1) is 45.3 Å². The highest BCUT2D eigenvalue weighted by Gasteiger charge is 2.23. The van der Waals surface area contributed by atoms with Crippen molar-refractivity contribution < 1.29 is 19.0 Å². The van der Waals surface area contributed by atoms with Gasteiger partial charge in [0.25, 0.3) is 0 Å². The lowest BCUT2D eigenvalue weighted by molar-refractivity contribution is 0.0532. The largest absolute Gasteiger partial charge is 0.492 e. The first-order chi connectivity index (χ1) is 29.9. The Kier molecular flexibility index (Phi) is 17.3. The molecule has 8 heteroatoms. The van der Waals surface area contributed by atoms with E-state index in [1.54, 1.807) is 11.3 Å². The minimum Gasteiger partial charge on any atom is -0.492 e. The van der Waals surface area contributed by atoms with E-state index in [9.17, 15) is 4.79 Å². The number of carbonyl (C=O) groups is 1. The van der Waals surface area contributed by atoms with Crippen LogP contribution in [0, 0.1) is 13.8 Å². The van der Waals surface area contributed by atoms with Crippen molar-refractivity contribution in [2.45, 2.75) is 163 Å². The van der Waals surface area contributed by atoms with Gasteiger partial charge in [0.1, 0.15) is 16.4 Å². The van der Waals surface area contributed by atoms with E-state index in [-0.39, 0.29) is 5.97 Å². The van der Waals surface area contributed by atoms with Crippen molar-refractivity contribution >= 4 is 103 Å². The van der Waals surface area contributed by atoms with E-state index < -0.39 is 0 Å². The second-order valence-corrected chi connectivity index (χ2v) is 21.8. The van der Waals surface area contributed by atoms with E-state index in [0.29, 0.717) is 24.7 Å². The number of thiophene rings is 4. The molecule has 4 aromatic heterocycles. The summed E-state index contributed by atoms with van der Waals surface area (Å²) in [5.41, 5.74) is 0. The Balaban J connectivity index is 1.19. The number of ether oxygens (including phenoxy) is 3. The van der Waals surface area contributed by atoms with Crippen LogP contribution in [-0.4, -0.2) is 25.8 Å². The summed E-state index contributed by atoms with van der Waals surface area (Å²) >= 11 is 7.07. The van der Waals surface area contributed by atoms with Crippen molar-refractivity contribution in [3.05, 3.63) is 57.1 Å². The van der Waals surface area contributed by atoms with Crippen LogP contribution in [0.4, 0.5) is 0 Å². The van der Waals surface area contributed by atoms with Gasteiger partial charge in [-0.05, 0) is 86.8 Å². The van der Waals surface area contributed by atoms with E-state index in [2.05, 4.69) is 64.1 Å². The number of esters is 1. The van der Waals surface area contributed by atoms with Crippen LogP contribution in [-0.2, 0) is 4.74 Å². The molecule has 4 heterocycles. The van der Waals surface area contributed by atoms with Crippen molar-refractivity contribution in [3.63, 3.8) is 0 Å². The van der Waals surface area contributed by atoms with Gasteiger partial charge in [0.2, 0.25) is 0 Å². The third kappa shape index (κ3) is 11.5. The van der Waals surface area contributed by atoms with Crippen molar-refractivity contribution in [2.24, 2.45) is 0 Å². The summed E-state index contributed by atoms with van der Waals surface area (Å²) in [6, 6.07) is 16.2. The molecule has 0 radical (unpaired) electrons. The zero-order valence-electron chi connectivity index (χ0n) is 37.6. The molecule has 0 aliphatic rings. The van der Waals surface area contributed by atoms with Crippen LogP contribution < -0.4 is 9.47 Å². The predicted octanol–water partition coefficient (Wildman–Crippen LogP) is 18.8. The van der Waals surface area contributed by atoms with Gasteiger partial charge >= 0.3 is 5.97 Å². The summed E-state index contributed by atoms with van der Waals surface area (Å²) < 4.78 is 23.1. The maximum absolute atomic E-state index is 12.7. The van der Waals surface area contributed by atoms with E-state index >= 15 is 0 Å². The molecule has 0 bridgehead atoms. The molecule has 0 saturated heterocycles. The monoisotopic (exact) mass is 896 g/mol. The second-order valence-electron chi connectivity index (χ2n) is 17.1. The highest BCUT2D eigenvalue weighted by atomic mass is 32.1. The molecule has 7 rings (SSSR count). The smallest absolute Gasteiger partial charge is 0.348 e. The fourth-order valence-electron chi connectivity index (χ4n) is 8.84. The van der Waals surface area contributed by atoms with E-state index in [1.165, 1.54) is 160 Å². The number of hydrogen-bond donors (Lipinski definition) is 0. The number of unbranched alkanes of at least 4 members (excludes halogenated alkanes) is 18. The number of aryl methyl sites for hydroxylation is 2. The fraction of sp³-hybridized carbons (Fsp3) is 0.528. The quantitative estimate of drug-likeness (QED) is 0.0293. The Morgan fingerprint density at radius 1 is 0.492 bits per heavy atom. The summed E-state index contributed by atoms with van der Waals surface area (Å²) in [7, 11) is 0. The highest BCUT2D eigenvalue weighted by molar-refractivity contribution is 7.31. The normalized spacial score (nSPS) is 12.0. The summed E-state index contributed by atoms with van der Waals surface area (Å²) in [6.45, 7) is 12.6. The number of hydrogen-bond acceptors (Lipinski definition) is 8. The number of benzene rings is 3. The molecule has 0 aliphatic carbocycles. The van der Waals surface area contributed by atoms with Crippen LogP contribution in [0.5, 0.6) is 11.5 Å². The van der Waals surface area contributed by atoms with Gasteiger partial charge < -0.3 is 14.2 Å². The van der Waals surface area contributed by atoms with Gasteiger partial charge in [-0.2, -0.15) is 0 Å². The van der Waals surface area contributed by atoms with Crippen LogP contribution >= 0.6 is 45.3 Å². The average Bonchev–Trinajstić information content (AvgIpc) is 4.04. The Morgan fingerprint density at radius 2 is 0.967 bits per heavy atom. The van der Waals surface area contributed by atoms with Gasteiger partial charge in [0.05, 0.1) is 29.4 Å². The van der Waals surface area contributed by atoms with Gasteiger partial charge in [0, 0.05) is 51.0 Å². The van der Waals surface area contributed by atoms with Gasteiger partial charge in [-0.25, -0.2) is 4.79 Å². The number of fused-ring (bicyclic) bond motifs is 5. The fourth-order valence-corrected chi connectivity index (χ4v) is 13.4. The van der Waals surface area contributed by atoms with Crippen LogP contribution in [0.2, 0.25) is 0 Å². The summed E-state index contributed by atoms with van der Waals surface area (Å²) in [6.07, 6.45) is 26.1. The molecule has 0 saturated carbocycles. The first-order valence-corrected chi connectivity index (χ1v) is 27.0. The summed E-state index contributed by atoms with van der Waals surface area (Å²) in [5, 5.41) is 8.22. The minimum absolute atomic E-state index is 0.237. The molecule has 0 N–H and O–H groups in total. The molecule has 0 fully saturated rings. The van der Waals surface area contributed by atoms with Crippen molar-refractivity contribution in [3.8, 4) is 21.3 Å². The van der Waals surface area contributed by atoms with Crippen LogP contribution in [0.3, 0.4) is 0 Å². The molecule has 0 aliphatic heterocycles. The molecular weight excluding hydrogens is 829 g/mol. The van der Waals surface area contributed by atoms with Crippen molar-refractivity contribution in [1.82, 2.24) is 0 Å². The van der Waals surface area contributed by atoms with Gasteiger partial charge in [-0.3, -0.25) is 0 Å². The van der Waals surface area contributed by atoms with E-state index in [0.717, 1.165) is 51.3 Å². The number of rotatable bonds is 27. The third-order valence-electron chi connectivity index (χ3n) is 12.2. The Hall–Kier alpha value is -3.17. The van der Waals surface area contributed by atoms with E-state index in [1.807, 2.05) is 47.0 Å². The number of carbonyl (C=O) groups excluding carboxylic acids is 1. The lowest BCUT2D eigenvalue weighted by Gasteiger charge is -2.19. The molecule has 7 aromatic rings. The lowest BCUT2D eigenvalue weighted by Crippen LogP contribution is -2.02. The molecule has 0 amide bonds. The second kappa shape index (κ2) is 23.0. The first-order valence-electron chi connectivity index (χ1n) is 23.7. The molecule has 61 heavy (non-hydrogen) atoms. The summed E-state index contributed by atoms with van der Waals surface area (Å²) in [4.78, 5) is 18.4. The van der Waals surface area contributed by atoms with Gasteiger partial charge in [0.15, 0.2) is 0 Å². The molecule has 0 unspecified atom stereocenters.